The first-order chi connectivity index (χ1) is 9.77. The highest BCUT2D eigenvalue weighted by atomic mass is 35.5. The molecule has 0 saturated heterocycles. The Bertz CT molecular complexity index is 544. The van der Waals surface area contributed by atoms with Gasteiger partial charge in [-0.1, -0.05) is 12.1 Å². The maximum Gasteiger partial charge on any atom is 0.185 e. The number of hydrogen-bond donors (Lipinski definition) is 4. The third kappa shape index (κ3) is 5.35. The van der Waals surface area contributed by atoms with Crippen LogP contribution in [0, 0.1) is 5.41 Å². The van der Waals surface area contributed by atoms with Gasteiger partial charge in [-0.15, -0.1) is 12.4 Å². The van der Waals surface area contributed by atoms with Gasteiger partial charge < -0.3 is 20.8 Å². The number of nitrogens with one attached hydrogen (secondary N) is 3. The smallest absolute Gasteiger partial charge is 0.185 e. The van der Waals surface area contributed by atoms with Gasteiger partial charge in [0.15, 0.2) is 5.96 Å². The van der Waals surface area contributed by atoms with Crippen molar-refractivity contribution < 1.29 is 4.74 Å². The van der Waals surface area contributed by atoms with Crippen LogP contribution in [0.15, 0.2) is 36.7 Å². The SMILES string of the molecule is Cl.N=C(N)NCCCCOc1ccccc1-c1ncc[nH]1. The maximum atomic E-state index is 7.04. The predicted molar refractivity (Wildman–Crippen MR) is 85.9 cm³/mol. The summed E-state index contributed by atoms with van der Waals surface area (Å²) in [6.45, 7) is 1.32. The molecular weight excluding hydrogens is 290 g/mol. The number of unbranched alkanes of at least 4 members (excludes halogenated alkanes) is 1. The van der Waals surface area contributed by atoms with Crippen LogP contribution >= 0.6 is 12.4 Å². The van der Waals surface area contributed by atoms with Crippen molar-refractivity contribution in [1.82, 2.24) is 15.3 Å². The number of imidazole rings is 1. The van der Waals surface area contributed by atoms with E-state index < -0.39 is 0 Å². The predicted octanol–water partition coefficient (Wildman–Crippen LogP) is 2.14. The van der Waals surface area contributed by atoms with E-state index in [2.05, 4.69) is 15.3 Å². The van der Waals surface area contributed by atoms with Gasteiger partial charge in [-0.25, -0.2) is 4.98 Å². The molecule has 0 amide bonds. The van der Waals surface area contributed by atoms with Crippen LogP contribution in [0.5, 0.6) is 5.75 Å². The summed E-state index contributed by atoms with van der Waals surface area (Å²) in [6.07, 6.45) is 5.31. The molecule has 2 aromatic rings. The first kappa shape index (κ1) is 16.8. The Hall–Kier alpha value is -2.21. The zero-order chi connectivity index (χ0) is 14.2. The average Bonchev–Trinajstić information content (AvgIpc) is 2.97. The fraction of sp³-hybridized carbons (Fsp3) is 0.286. The molecular formula is C14H20ClN5O. The van der Waals surface area contributed by atoms with E-state index in [1.165, 1.54) is 0 Å². The normalized spacial score (nSPS) is 9.71. The molecule has 0 unspecified atom stereocenters. The van der Waals surface area contributed by atoms with Crippen LogP contribution in [0.2, 0.25) is 0 Å². The van der Waals surface area contributed by atoms with Crippen molar-refractivity contribution in [3.05, 3.63) is 36.7 Å². The average molecular weight is 310 g/mol. The second-order valence-corrected chi connectivity index (χ2v) is 4.33. The van der Waals surface area contributed by atoms with Crippen molar-refractivity contribution in [2.75, 3.05) is 13.2 Å². The molecule has 0 aliphatic rings. The third-order valence-corrected chi connectivity index (χ3v) is 2.78. The van der Waals surface area contributed by atoms with Gasteiger partial charge in [-0.3, -0.25) is 5.41 Å². The van der Waals surface area contributed by atoms with Gasteiger partial charge in [0.2, 0.25) is 0 Å². The summed E-state index contributed by atoms with van der Waals surface area (Å²) >= 11 is 0. The van der Waals surface area contributed by atoms with Crippen LogP contribution < -0.4 is 15.8 Å². The minimum atomic E-state index is 0. The van der Waals surface area contributed by atoms with Crippen LogP contribution in [-0.2, 0) is 0 Å². The third-order valence-electron chi connectivity index (χ3n) is 2.78. The zero-order valence-corrected chi connectivity index (χ0v) is 12.5. The van der Waals surface area contributed by atoms with Gasteiger partial charge in [0.25, 0.3) is 0 Å². The number of guanidine groups is 1. The molecule has 5 N–H and O–H groups in total. The Kier molecular flexibility index (Phi) is 7.11. The van der Waals surface area contributed by atoms with E-state index in [0.717, 1.165) is 30.0 Å². The molecule has 2 rings (SSSR count). The van der Waals surface area contributed by atoms with E-state index >= 15 is 0 Å². The molecule has 21 heavy (non-hydrogen) atoms. The van der Waals surface area contributed by atoms with Gasteiger partial charge in [0, 0.05) is 18.9 Å². The number of para-hydroxylation sites is 1. The van der Waals surface area contributed by atoms with Crippen molar-refractivity contribution in [3.8, 4) is 17.1 Å². The van der Waals surface area contributed by atoms with Crippen LogP contribution in [0.3, 0.4) is 0 Å². The molecule has 6 nitrogen and oxygen atoms in total. The molecule has 7 heteroatoms. The molecule has 0 fully saturated rings. The first-order valence-corrected chi connectivity index (χ1v) is 6.57. The molecule has 0 aliphatic carbocycles. The van der Waals surface area contributed by atoms with Gasteiger partial charge in [-0.2, -0.15) is 0 Å². The highest BCUT2D eigenvalue weighted by Crippen LogP contribution is 2.26. The Balaban J connectivity index is 0.00000220. The lowest BCUT2D eigenvalue weighted by Gasteiger charge is -2.10. The molecule has 1 aromatic carbocycles. The first-order valence-electron chi connectivity index (χ1n) is 6.57. The topological polar surface area (TPSA) is 99.8 Å². The Labute approximate surface area is 130 Å². The summed E-state index contributed by atoms with van der Waals surface area (Å²) in [5, 5.41) is 9.81. The van der Waals surface area contributed by atoms with Crippen LogP contribution in [0.4, 0.5) is 0 Å². The summed E-state index contributed by atoms with van der Waals surface area (Å²) in [5.74, 6) is 1.63. The van der Waals surface area contributed by atoms with Gasteiger partial charge in [0.1, 0.15) is 11.6 Å². The highest BCUT2D eigenvalue weighted by molar-refractivity contribution is 5.85. The summed E-state index contributed by atoms with van der Waals surface area (Å²) < 4.78 is 5.80. The van der Waals surface area contributed by atoms with Crippen LogP contribution in [0.25, 0.3) is 11.4 Å². The van der Waals surface area contributed by atoms with Gasteiger partial charge >= 0.3 is 0 Å². The maximum absolute atomic E-state index is 7.04. The number of rotatable bonds is 7. The number of nitrogens with two attached hydrogens (primary N) is 1. The lowest BCUT2D eigenvalue weighted by molar-refractivity contribution is 0.308. The lowest BCUT2D eigenvalue weighted by Crippen LogP contribution is -2.31. The molecule has 0 atom stereocenters. The molecule has 0 spiro atoms. The molecule has 0 saturated carbocycles. The number of halogens is 1. The zero-order valence-electron chi connectivity index (χ0n) is 11.6. The van der Waals surface area contributed by atoms with E-state index in [-0.39, 0.29) is 18.4 Å². The summed E-state index contributed by atoms with van der Waals surface area (Å²) in [6, 6.07) is 7.82. The fourth-order valence-corrected chi connectivity index (χ4v) is 1.83. The minimum absolute atomic E-state index is 0. The van der Waals surface area contributed by atoms with E-state index in [1.54, 1.807) is 12.4 Å². The van der Waals surface area contributed by atoms with E-state index in [4.69, 9.17) is 15.9 Å². The second-order valence-electron chi connectivity index (χ2n) is 4.33. The number of aromatic amines is 1. The highest BCUT2D eigenvalue weighted by Gasteiger charge is 2.07. The molecule has 114 valence electrons. The van der Waals surface area contributed by atoms with E-state index in [9.17, 15) is 0 Å². The van der Waals surface area contributed by atoms with Gasteiger partial charge in [0.05, 0.1) is 12.2 Å². The fourth-order valence-electron chi connectivity index (χ4n) is 1.83. The van der Waals surface area contributed by atoms with Crippen molar-refractivity contribution in [2.24, 2.45) is 5.73 Å². The van der Waals surface area contributed by atoms with Crippen molar-refractivity contribution >= 4 is 18.4 Å². The van der Waals surface area contributed by atoms with Crippen LogP contribution in [0.1, 0.15) is 12.8 Å². The number of ether oxygens (including phenoxy) is 1. The Morgan fingerprint density at radius 1 is 1.33 bits per heavy atom. The van der Waals surface area contributed by atoms with Crippen molar-refractivity contribution in [3.63, 3.8) is 0 Å². The standard InChI is InChI=1S/C14H19N5O.ClH/c15-14(16)19-7-3-4-10-20-12-6-2-1-5-11(12)13-17-8-9-18-13;/h1-2,5-6,8-9H,3-4,7,10H2,(H,17,18)(H4,15,16,19);1H. The summed E-state index contributed by atoms with van der Waals surface area (Å²) in [5.41, 5.74) is 6.16. The number of benzene rings is 1. The Morgan fingerprint density at radius 2 is 2.14 bits per heavy atom. The van der Waals surface area contributed by atoms with E-state index in [0.29, 0.717) is 13.2 Å². The minimum Gasteiger partial charge on any atom is -0.493 e. The molecule has 0 bridgehead atoms. The molecule has 0 aliphatic heterocycles. The van der Waals surface area contributed by atoms with Crippen molar-refractivity contribution in [1.29, 1.82) is 5.41 Å². The van der Waals surface area contributed by atoms with Crippen molar-refractivity contribution in [2.45, 2.75) is 12.8 Å². The van der Waals surface area contributed by atoms with Gasteiger partial charge in [-0.05, 0) is 25.0 Å². The molecule has 1 heterocycles. The van der Waals surface area contributed by atoms with Crippen LogP contribution in [-0.4, -0.2) is 29.1 Å². The van der Waals surface area contributed by atoms with E-state index in [1.807, 2.05) is 24.3 Å². The number of aromatic nitrogens is 2. The summed E-state index contributed by atoms with van der Waals surface area (Å²) in [7, 11) is 0. The summed E-state index contributed by atoms with van der Waals surface area (Å²) in [4.78, 5) is 7.32. The monoisotopic (exact) mass is 309 g/mol. The lowest BCUT2D eigenvalue weighted by atomic mass is 10.2. The largest absolute Gasteiger partial charge is 0.493 e. The Morgan fingerprint density at radius 3 is 2.86 bits per heavy atom. The molecule has 1 aromatic heterocycles. The second kappa shape index (κ2) is 8.86. The quantitative estimate of drug-likeness (QED) is 0.358. The number of hydrogen-bond acceptors (Lipinski definition) is 3. The number of H-pyrrole nitrogens is 1. The molecule has 0 radical (unpaired) electrons. The number of nitrogens with zero attached hydrogens (tertiary/aromatic N) is 1.